The molecule has 2 rings (SSSR count). The van der Waals surface area contributed by atoms with Crippen LogP contribution in [0.5, 0.6) is 0 Å². The Morgan fingerprint density at radius 1 is 1.16 bits per heavy atom. The lowest BCUT2D eigenvalue weighted by Crippen LogP contribution is -2.30. The number of nitrogen functional groups attached to an aromatic ring is 1. The molecular formula is C18H17ClN2O4. The molecule has 3 N–H and O–H groups in total. The van der Waals surface area contributed by atoms with Gasteiger partial charge in [0.05, 0.1) is 22.0 Å². The van der Waals surface area contributed by atoms with Gasteiger partial charge in [-0.3, -0.25) is 9.59 Å². The molecule has 0 aliphatic heterocycles. The van der Waals surface area contributed by atoms with Crippen molar-refractivity contribution < 1.29 is 19.1 Å². The van der Waals surface area contributed by atoms with Crippen molar-refractivity contribution in [2.45, 2.75) is 20.0 Å². The Hall–Kier alpha value is -2.86. The first kappa shape index (κ1) is 18.5. The Morgan fingerprint density at radius 3 is 2.48 bits per heavy atom. The summed E-state index contributed by atoms with van der Waals surface area (Å²) in [6.07, 6.45) is -1.07. The SMILES string of the molecule is CC(=O)c1ccccc1NC(=O)[C@@H](C)OC(=O)c1ccc(Cl)c(N)c1. The summed E-state index contributed by atoms with van der Waals surface area (Å²) in [6, 6.07) is 10.9. The zero-order valence-corrected chi connectivity index (χ0v) is 14.5. The second kappa shape index (κ2) is 7.81. The van der Waals surface area contributed by atoms with Crippen LogP contribution in [0.3, 0.4) is 0 Å². The molecule has 7 heteroatoms. The van der Waals surface area contributed by atoms with Gasteiger partial charge in [0.1, 0.15) is 0 Å². The van der Waals surface area contributed by atoms with E-state index in [1.165, 1.54) is 32.0 Å². The van der Waals surface area contributed by atoms with Crippen molar-refractivity contribution in [3.05, 3.63) is 58.6 Å². The van der Waals surface area contributed by atoms with Crippen molar-refractivity contribution in [2.24, 2.45) is 0 Å². The predicted octanol–water partition coefficient (Wildman–Crippen LogP) is 3.31. The summed E-state index contributed by atoms with van der Waals surface area (Å²) in [5.74, 6) is -1.44. The molecule has 1 amide bonds. The molecule has 0 saturated carbocycles. The number of Topliss-reactive ketones (excluding diaryl/α,β-unsaturated/α-hetero) is 1. The largest absolute Gasteiger partial charge is 0.449 e. The Kier molecular flexibility index (Phi) is 5.77. The number of amides is 1. The first-order valence-corrected chi connectivity index (χ1v) is 7.84. The van der Waals surface area contributed by atoms with E-state index in [1.807, 2.05) is 0 Å². The maximum Gasteiger partial charge on any atom is 0.338 e. The number of benzene rings is 2. The highest BCUT2D eigenvalue weighted by Crippen LogP contribution is 2.20. The first-order valence-electron chi connectivity index (χ1n) is 7.46. The lowest BCUT2D eigenvalue weighted by atomic mass is 10.1. The van der Waals surface area contributed by atoms with E-state index in [9.17, 15) is 14.4 Å². The van der Waals surface area contributed by atoms with Gasteiger partial charge in [-0.15, -0.1) is 0 Å². The minimum atomic E-state index is -1.07. The van der Waals surface area contributed by atoms with Crippen molar-refractivity contribution >= 4 is 40.6 Å². The van der Waals surface area contributed by atoms with Gasteiger partial charge in [0.25, 0.3) is 5.91 Å². The number of carbonyl (C=O) groups is 3. The number of halogens is 1. The van der Waals surface area contributed by atoms with Crippen molar-refractivity contribution in [1.29, 1.82) is 0 Å². The molecular weight excluding hydrogens is 344 g/mol. The van der Waals surface area contributed by atoms with Crippen LogP contribution in [0.25, 0.3) is 0 Å². The van der Waals surface area contributed by atoms with E-state index in [2.05, 4.69) is 5.32 Å². The molecule has 0 saturated heterocycles. The van der Waals surface area contributed by atoms with E-state index in [4.69, 9.17) is 22.1 Å². The van der Waals surface area contributed by atoms with Crippen LogP contribution in [0.1, 0.15) is 34.6 Å². The minimum absolute atomic E-state index is 0.183. The minimum Gasteiger partial charge on any atom is -0.449 e. The second-order valence-electron chi connectivity index (χ2n) is 5.37. The maximum absolute atomic E-state index is 12.2. The number of para-hydroxylation sites is 1. The van der Waals surface area contributed by atoms with E-state index in [-0.39, 0.29) is 17.0 Å². The zero-order valence-electron chi connectivity index (χ0n) is 13.7. The number of esters is 1. The van der Waals surface area contributed by atoms with Gasteiger partial charge in [-0.25, -0.2) is 4.79 Å². The summed E-state index contributed by atoms with van der Waals surface area (Å²) in [5, 5.41) is 2.91. The molecule has 0 unspecified atom stereocenters. The molecule has 25 heavy (non-hydrogen) atoms. The van der Waals surface area contributed by atoms with E-state index in [1.54, 1.807) is 24.3 Å². The number of ketones is 1. The Bertz CT molecular complexity index is 836. The van der Waals surface area contributed by atoms with Gasteiger partial charge in [-0.2, -0.15) is 0 Å². The van der Waals surface area contributed by atoms with Crippen LogP contribution in [0.2, 0.25) is 5.02 Å². The van der Waals surface area contributed by atoms with Crippen LogP contribution in [0.15, 0.2) is 42.5 Å². The third kappa shape index (κ3) is 4.58. The monoisotopic (exact) mass is 360 g/mol. The van der Waals surface area contributed by atoms with Crippen LogP contribution in [0.4, 0.5) is 11.4 Å². The standard InChI is InChI=1S/C18H17ClN2O4/c1-10(22)13-5-3-4-6-16(13)21-17(23)11(2)25-18(24)12-7-8-14(19)15(20)9-12/h3-9,11H,20H2,1-2H3,(H,21,23)/t11-/m1/s1. The quantitative estimate of drug-likeness (QED) is 0.484. The first-order chi connectivity index (χ1) is 11.8. The number of hydrogen-bond donors (Lipinski definition) is 2. The fourth-order valence-electron chi connectivity index (χ4n) is 2.09. The smallest absolute Gasteiger partial charge is 0.338 e. The summed E-state index contributed by atoms with van der Waals surface area (Å²) in [7, 11) is 0. The molecule has 0 aromatic heterocycles. The average molecular weight is 361 g/mol. The van der Waals surface area contributed by atoms with Crippen molar-refractivity contribution in [1.82, 2.24) is 0 Å². The number of nitrogens with two attached hydrogens (primary N) is 1. The van der Waals surface area contributed by atoms with Crippen molar-refractivity contribution in [2.75, 3.05) is 11.1 Å². The number of anilines is 2. The number of nitrogens with one attached hydrogen (secondary N) is 1. The number of hydrogen-bond acceptors (Lipinski definition) is 5. The van der Waals surface area contributed by atoms with E-state index in [0.29, 0.717) is 16.3 Å². The summed E-state index contributed by atoms with van der Waals surface area (Å²) in [5.41, 5.74) is 6.81. The molecule has 0 radical (unpaired) electrons. The Morgan fingerprint density at radius 2 is 1.84 bits per heavy atom. The number of ether oxygens (including phenoxy) is 1. The van der Waals surface area contributed by atoms with Gasteiger partial charge in [-0.1, -0.05) is 23.7 Å². The second-order valence-corrected chi connectivity index (χ2v) is 5.78. The Balaban J connectivity index is 2.06. The third-order valence-electron chi connectivity index (χ3n) is 3.45. The highest BCUT2D eigenvalue weighted by Gasteiger charge is 2.20. The summed E-state index contributed by atoms with van der Waals surface area (Å²) < 4.78 is 5.13. The summed E-state index contributed by atoms with van der Waals surface area (Å²) in [4.78, 5) is 35.9. The molecule has 0 fully saturated rings. The van der Waals surface area contributed by atoms with Gasteiger partial charge >= 0.3 is 5.97 Å². The molecule has 6 nitrogen and oxygen atoms in total. The molecule has 2 aromatic rings. The molecule has 0 bridgehead atoms. The molecule has 0 aliphatic rings. The highest BCUT2D eigenvalue weighted by molar-refractivity contribution is 6.33. The fourth-order valence-corrected chi connectivity index (χ4v) is 2.20. The van der Waals surface area contributed by atoms with Crippen molar-refractivity contribution in [3.63, 3.8) is 0 Å². The average Bonchev–Trinajstić information content (AvgIpc) is 2.57. The van der Waals surface area contributed by atoms with Crippen LogP contribution in [-0.4, -0.2) is 23.8 Å². The highest BCUT2D eigenvalue weighted by atomic mass is 35.5. The normalized spacial score (nSPS) is 11.5. The van der Waals surface area contributed by atoms with Crippen LogP contribution in [0, 0.1) is 0 Å². The maximum atomic E-state index is 12.2. The van der Waals surface area contributed by atoms with Crippen LogP contribution < -0.4 is 11.1 Å². The lowest BCUT2D eigenvalue weighted by molar-refractivity contribution is -0.123. The van der Waals surface area contributed by atoms with E-state index < -0.39 is 18.0 Å². The van der Waals surface area contributed by atoms with Gasteiger partial charge in [0.15, 0.2) is 11.9 Å². The molecule has 130 valence electrons. The molecule has 1 atom stereocenters. The lowest BCUT2D eigenvalue weighted by Gasteiger charge is -2.15. The molecule has 2 aromatic carbocycles. The number of carbonyl (C=O) groups excluding carboxylic acids is 3. The number of rotatable bonds is 5. The van der Waals surface area contributed by atoms with Crippen molar-refractivity contribution in [3.8, 4) is 0 Å². The van der Waals surface area contributed by atoms with Gasteiger partial charge in [-0.05, 0) is 44.2 Å². The van der Waals surface area contributed by atoms with E-state index in [0.717, 1.165) is 0 Å². The topological polar surface area (TPSA) is 98.5 Å². The summed E-state index contributed by atoms with van der Waals surface area (Å²) >= 11 is 5.80. The predicted molar refractivity (Wildman–Crippen MR) is 95.8 cm³/mol. The Labute approximate surface area is 149 Å². The summed E-state index contributed by atoms with van der Waals surface area (Å²) in [6.45, 7) is 2.84. The van der Waals surface area contributed by atoms with Gasteiger partial charge in [0, 0.05) is 5.56 Å². The molecule has 0 spiro atoms. The molecule has 0 heterocycles. The molecule has 0 aliphatic carbocycles. The van der Waals surface area contributed by atoms with Crippen LogP contribution >= 0.6 is 11.6 Å². The fraction of sp³-hybridized carbons (Fsp3) is 0.167. The zero-order chi connectivity index (χ0) is 18.6. The van der Waals surface area contributed by atoms with E-state index >= 15 is 0 Å². The van der Waals surface area contributed by atoms with Gasteiger partial charge < -0.3 is 15.8 Å². The van der Waals surface area contributed by atoms with Gasteiger partial charge in [0.2, 0.25) is 0 Å². The third-order valence-corrected chi connectivity index (χ3v) is 3.79. The van der Waals surface area contributed by atoms with Crippen LogP contribution in [-0.2, 0) is 9.53 Å².